The molecule has 2 heterocycles. The Hall–Kier alpha value is -1.81. The van der Waals surface area contributed by atoms with Gasteiger partial charge in [-0.05, 0) is 45.8 Å². The third kappa shape index (κ3) is 5.58. The molecule has 0 radical (unpaired) electrons. The largest absolute Gasteiger partial charge is 0.352 e. The van der Waals surface area contributed by atoms with Gasteiger partial charge in [0.05, 0.1) is 12.2 Å². The number of aromatic nitrogens is 3. The van der Waals surface area contributed by atoms with E-state index in [0.29, 0.717) is 6.54 Å². The first-order valence-corrected chi connectivity index (χ1v) is 9.17. The maximum Gasteiger partial charge on any atom is 0.194 e. The zero-order valence-electron chi connectivity index (χ0n) is 15.6. The minimum absolute atomic E-state index is 0. The lowest BCUT2D eigenvalue weighted by atomic mass is 10.2. The van der Waals surface area contributed by atoms with Gasteiger partial charge in [-0.1, -0.05) is 12.1 Å². The topological polar surface area (TPSA) is 50.4 Å². The quantitative estimate of drug-likeness (QED) is 0.303. The Bertz CT molecular complexity index is 888. The van der Waals surface area contributed by atoms with Gasteiger partial charge in [-0.15, -0.1) is 24.0 Å². The van der Waals surface area contributed by atoms with Crippen molar-refractivity contribution in [1.82, 2.24) is 24.6 Å². The summed E-state index contributed by atoms with van der Waals surface area (Å²) in [5.74, 6) is 0.854. The number of nitrogens with one attached hydrogen (secondary N) is 1. The molecular formula is C19H24BrIN6. The van der Waals surface area contributed by atoms with Crippen molar-refractivity contribution in [3.8, 4) is 5.69 Å². The Kier molecular flexibility index (Phi) is 7.91. The van der Waals surface area contributed by atoms with Gasteiger partial charge in [0.15, 0.2) is 5.96 Å². The predicted octanol–water partition coefficient (Wildman–Crippen LogP) is 3.80. The minimum Gasteiger partial charge on any atom is -0.352 e. The van der Waals surface area contributed by atoms with Gasteiger partial charge in [-0.3, -0.25) is 4.99 Å². The maximum absolute atomic E-state index is 4.40. The van der Waals surface area contributed by atoms with Crippen LogP contribution in [0.3, 0.4) is 0 Å². The van der Waals surface area contributed by atoms with Crippen molar-refractivity contribution in [2.24, 2.45) is 12.0 Å². The van der Waals surface area contributed by atoms with E-state index < -0.39 is 0 Å². The molecule has 2 aromatic heterocycles. The third-order valence-corrected chi connectivity index (χ3v) is 4.61. The fourth-order valence-corrected chi connectivity index (χ4v) is 3.41. The van der Waals surface area contributed by atoms with Crippen LogP contribution in [0.15, 0.2) is 64.5 Å². The van der Waals surface area contributed by atoms with Crippen molar-refractivity contribution in [3.63, 3.8) is 0 Å². The van der Waals surface area contributed by atoms with Crippen LogP contribution in [-0.4, -0.2) is 39.3 Å². The van der Waals surface area contributed by atoms with E-state index in [1.807, 2.05) is 43.2 Å². The van der Waals surface area contributed by atoms with E-state index in [1.54, 1.807) is 13.2 Å². The number of hydrogen-bond acceptors (Lipinski definition) is 2. The molecule has 3 aromatic rings. The van der Waals surface area contributed by atoms with E-state index in [-0.39, 0.29) is 24.0 Å². The Balaban J connectivity index is 0.00000261. The van der Waals surface area contributed by atoms with Gasteiger partial charge in [-0.25, -0.2) is 4.68 Å². The fraction of sp³-hybridized carbons (Fsp3) is 0.263. The number of halogens is 2. The van der Waals surface area contributed by atoms with Gasteiger partial charge < -0.3 is 14.8 Å². The normalized spacial score (nSPS) is 11.2. The molecule has 0 atom stereocenters. The van der Waals surface area contributed by atoms with Gasteiger partial charge in [0.25, 0.3) is 0 Å². The van der Waals surface area contributed by atoms with Crippen LogP contribution in [0, 0.1) is 0 Å². The van der Waals surface area contributed by atoms with Crippen LogP contribution in [0.2, 0.25) is 0 Å². The molecule has 1 N–H and O–H groups in total. The standard InChI is InChI=1S/C19H23BrN6.HI/c1-21-19(25(3)14-18-11-16(20)13-24(18)2)22-12-15-6-4-7-17(10-15)26-9-5-8-23-26;/h4-11,13H,12,14H2,1-3H3,(H,21,22);1H. The summed E-state index contributed by atoms with van der Waals surface area (Å²) >= 11 is 3.52. The van der Waals surface area contributed by atoms with Crippen LogP contribution in [0.4, 0.5) is 0 Å². The van der Waals surface area contributed by atoms with E-state index in [2.05, 4.69) is 65.2 Å². The molecule has 0 saturated carbocycles. The Morgan fingerprint density at radius 3 is 2.74 bits per heavy atom. The van der Waals surface area contributed by atoms with E-state index in [4.69, 9.17) is 0 Å². The molecule has 144 valence electrons. The molecule has 0 saturated heterocycles. The minimum atomic E-state index is 0. The molecule has 0 spiro atoms. The molecule has 0 aliphatic carbocycles. The van der Waals surface area contributed by atoms with Gasteiger partial charge in [0.2, 0.25) is 0 Å². The summed E-state index contributed by atoms with van der Waals surface area (Å²) in [6.07, 6.45) is 5.78. The predicted molar refractivity (Wildman–Crippen MR) is 124 cm³/mol. The lowest BCUT2D eigenvalue weighted by Gasteiger charge is -2.22. The second kappa shape index (κ2) is 9.93. The smallest absolute Gasteiger partial charge is 0.194 e. The highest BCUT2D eigenvalue weighted by molar-refractivity contribution is 14.0. The van der Waals surface area contributed by atoms with Crippen molar-refractivity contribution in [3.05, 3.63) is 70.7 Å². The molecule has 0 bridgehead atoms. The second-order valence-corrected chi connectivity index (χ2v) is 7.05. The molecule has 1 aromatic carbocycles. The molecule has 0 amide bonds. The second-order valence-electron chi connectivity index (χ2n) is 6.14. The van der Waals surface area contributed by atoms with E-state index in [0.717, 1.165) is 22.7 Å². The van der Waals surface area contributed by atoms with Gasteiger partial charge >= 0.3 is 0 Å². The molecule has 6 nitrogen and oxygen atoms in total. The molecular weight excluding hydrogens is 519 g/mol. The van der Waals surface area contributed by atoms with Crippen LogP contribution >= 0.6 is 39.9 Å². The van der Waals surface area contributed by atoms with Crippen LogP contribution < -0.4 is 5.32 Å². The molecule has 0 unspecified atom stereocenters. The molecule has 3 rings (SSSR count). The number of rotatable bonds is 5. The lowest BCUT2D eigenvalue weighted by molar-refractivity contribution is 0.461. The SMILES string of the molecule is CN=C(NCc1cccc(-n2cccn2)c1)N(C)Cc1cc(Br)cn1C.I. The van der Waals surface area contributed by atoms with Crippen LogP contribution in [0.5, 0.6) is 0 Å². The summed E-state index contributed by atoms with van der Waals surface area (Å²) < 4.78 is 5.06. The first-order valence-electron chi connectivity index (χ1n) is 8.38. The number of guanidine groups is 1. The van der Waals surface area contributed by atoms with Crippen molar-refractivity contribution in [1.29, 1.82) is 0 Å². The van der Waals surface area contributed by atoms with Gasteiger partial charge in [-0.2, -0.15) is 5.10 Å². The molecule has 0 aliphatic heterocycles. The average Bonchev–Trinajstić information content (AvgIpc) is 3.26. The van der Waals surface area contributed by atoms with Crippen molar-refractivity contribution in [2.45, 2.75) is 13.1 Å². The highest BCUT2D eigenvalue weighted by Gasteiger charge is 2.10. The van der Waals surface area contributed by atoms with Crippen LogP contribution in [0.1, 0.15) is 11.3 Å². The zero-order chi connectivity index (χ0) is 18.5. The van der Waals surface area contributed by atoms with Crippen LogP contribution in [-0.2, 0) is 20.1 Å². The van der Waals surface area contributed by atoms with Crippen molar-refractivity contribution >= 4 is 45.9 Å². The number of benzene rings is 1. The highest BCUT2D eigenvalue weighted by atomic mass is 127. The van der Waals surface area contributed by atoms with E-state index in [9.17, 15) is 0 Å². The van der Waals surface area contributed by atoms with Crippen LogP contribution in [0.25, 0.3) is 5.69 Å². The Morgan fingerprint density at radius 2 is 2.11 bits per heavy atom. The fourth-order valence-electron chi connectivity index (χ4n) is 2.84. The Labute approximate surface area is 185 Å². The van der Waals surface area contributed by atoms with E-state index >= 15 is 0 Å². The van der Waals surface area contributed by atoms with Gasteiger partial charge in [0.1, 0.15) is 0 Å². The Morgan fingerprint density at radius 1 is 1.30 bits per heavy atom. The van der Waals surface area contributed by atoms with Crippen molar-refractivity contribution < 1.29 is 0 Å². The maximum atomic E-state index is 4.40. The average molecular weight is 543 g/mol. The first-order chi connectivity index (χ1) is 12.6. The molecule has 27 heavy (non-hydrogen) atoms. The molecule has 8 heteroatoms. The van der Waals surface area contributed by atoms with Gasteiger partial charge in [0, 0.05) is 56.4 Å². The zero-order valence-corrected chi connectivity index (χ0v) is 19.5. The summed E-state index contributed by atoms with van der Waals surface area (Å²) in [7, 11) is 5.89. The summed E-state index contributed by atoms with van der Waals surface area (Å²) in [5.41, 5.74) is 3.43. The first kappa shape index (κ1) is 21.5. The summed E-state index contributed by atoms with van der Waals surface area (Å²) in [5, 5.41) is 7.71. The lowest BCUT2D eigenvalue weighted by Crippen LogP contribution is -2.38. The number of hydrogen-bond donors (Lipinski definition) is 1. The summed E-state index contributed by atoms with van der Waals surface area (Å²) in [4.78, 5) is 6.51. The highest BCUT2D eigenvalue weighted by Crippen LogP contribution is 2.15. The monoisotopic (exact) mass is 542 g/mol. The number of aliphatic imine (C=N–C) groups is 1. The molecule has 0 aliphatic rings. The molecule has 0 fully saturated rings. The number of nitrogens with zero attached hydrogens (tertiary/aromatic N) is 5. The summed E-state index contributed by atoms with van der Waals surface area (Å²) in [6.45, 7) is 1.47. The number of aryl methyl sites for hydroxylation is 1. The summed E-state index contributed by atoms with van der Waals surface area (Å²) in [6, 6.07) is 12.4. The van der Waals surface area contributed by atoms with Crippen molar-refractivity contribution in [2.75, 3.05) is 14.1 Å². The third-order valence-electron chi connectivity index (χ3n) is 4.18. The van der Waals surface area contributed by atoms with E-state index in [1.165, 1.54) is 11.3 Å².